The molecular formula is C30H38N4O4. The van der Waals surface area contributed by atoms with Gasteiger partial charge in [0, 0.05) is 35.3 Å². The lowest BCUT2D eigenvalue weighted by molar-refractivity contribution is -0.894. The molecule has 2 aromatic carbocycles. The summed E-state index contributed by atoms with van der Waals surface area (Å²) < 4.78 is 0. The first-order chi connectivity index (χ1) is 18.1. The molecule has 0 amide bonds. The van der Waals surface area contributed by atoms with Crippen LogP contribution in [0.25, 0.3) is 17.1 Å². The minimum absolute atomic E-state index is 0.0925. The summed E-state index contributed by atoms with van der Waals surface area (Å²) in [5, 5.41) is 27.2. The van der Waals surface area contributed by atoms with Crippen LogP contribution in [0.4, 0.5) is 5.69 Å². The van der Waals surface area contributed by atoms with Crippen LogP contribution in [0.1, 0.15) is 77.0 Å². The number of nitrogens with one attached hydrogen (secondary N) is 1. The van der Waals surface area contributed by atoms with E-state index >= 15 is 0 Å². The lowest BCUT2D eigenvalue weighted by Gasteiger charge is -2.28. The number of carboxylic acids is 1. The van der Waals surface area contributed by atoms with Crippen molar-refractivity contribution in [3.8, 4) is 6.07 Å². The number of carbonyl (C=O) groups is 1. The number of carboxylic acid groups (broad SMARTS) is 1. The standard InChI is InChI=1S/C24H22N3O4.C6H15N/c1-24(2)17-8-5-6-9-18(17)27(11-7-3-4-10-20(28)29)19(24)12-16-21(15(13-25)14-26)23(31)22(16)30;1-4-7(5-2)6-3/h5-6,8-9,12H,3-4,7,10-11H2,1-2H3,(H,28,29);4-6H2,1-3H3/q-1;/p+1. The number of aliphatic carboxylic acids is 1. The van der Waals surface area contributed by atoms with E-state index in [1.54, 1.807) is 22.9 Å². The number of unbranched alkanes of at least 4 members (excludes halogenated alkanes) is 2. The van der Waals surface area contributed by atoms with Gasteiger partial charge in [-0.3, -0.25) is 14.4 Å². The van der Waals surface area contributed by atoms with E-state index < -0.39 is 22.2 Å². The number of nitrogens with zero attached hydrogens (tertiary/aromatic N) is 3. The van der Waals surface area contributed by atoms with E-state index in [2.05, 4.69) is 25.7 Å². The van der Waals surface area contributed by atoms with E-state index in [1.165, 1.54) is 19.6 Å². The van der Waals surface area contributed by atoms with Gasteiger partial charge in [-0.25, -0.2) is 5.87 Å². The molecule has 0 unspecified atom stereocenters. The first kappa shape index (κ1) is 30.4. The molecule has 0 fully saturated rings. The van der Waals surface area contributed by atoms with Crippen molar-refractivity contribution < 1.29 is 14.8 Å². The zero-order valence-electron chi connectivity index (χ0n) is 23.1. The summed E-state index contributed by atoms with van der Waals surface area (Å²) in [4.78, 5) is 38.8. The van der Waals surface area contributed by atoms with E-state index in [0.29, 0.717) is 13.0 Å². The second-order valence-electron chi connectivity index (χ2n) is 9.88. The van der Waals surface area contributed by atoms with Crippen LogP contribution in [0.3, 0.4) is 0 Å². The Morgan fingerprint density at radius 3 is 2.24 bits per heavy atom. The van der Waals surface area contributed by atoms with Crippen LogP contribution in [-0.2, 0) is 10.2 Å². The maximum atomic E-state index is 12.3. The molecule has 0 saturated heterocycles. The van der Waals surface area contributed by atoms with Gasteiger partial charge in [0.25, 0.3) is 0 Å². The third-order valence-corrected chi connectivity index (χ3v) is 7.27. The second-order valence-corrected chi connectivity index (χ2v) is 9.88. The van der Waals surface area contributed by atoms with Crippen LogP contribution in [0, 0.1) is 11.3 Å². The average Bonchev–Trinajstić information content (AvgIpc) is 3.12. The highest BCUT2D eigenvalue weighted by molar-refractivity contribution is 6.01. The first-order valence-corrected chi connectivity index (χ1v) is 13.2. The Balaban J connectivity index is 0.000000638. The number of benzene rings is 1. The van der Waals surface area contributed by atoms with Gasteiger partial charge in [0.15, 0.2) is 0 Å². The molecule has 0 saturated carbocycles. The number of fused-ring (bicyclic) bond motifs is 1. The largest absolute Gasteiger partial charge is 0.762 e. The molecule has 2 N–H and O–H groups in total. The fraction of sp³-hybridized carbons (Fsp3) is 0.467. The van der Waals surface area contributed by atoms with Gasteiger partial charge in [0.2, 0.25) is 10.9 Å². The summed E-state index contributed by atoms with van der Waals surface area (Å²) in [6, 6.07) is 9.56. The van der Waals surface area contributed by atoms with Crippen LogP contribution in [0.15, 0.2) is 39.6 Å². The van der Waals surface area contributed by atoms with Gasteiger partial charge in [0.05, 0.1) is 30.8 Å². The zero-order valence-corrected chi connectivity index (χ0v) is 23.1. The highest BCUT2D eigenvalue weighted by Crippen LogP contribution is 2.48. The number of hydrogen-bond acceptors (Lipinski definition) is 5. The van der Waals surface area contributed by atoms with E-state index in [1.807, 2.05) is 38.1 Å². The van der Waals surface area contributed by atoms with Crippen molar-refractivity contribution in [3.63, 3.8) is 0 Å². The van der Waals surface area contributed by atoms with Gasteiger partial charge in [-0.2, -0.15) is 5.26 Å². The quantitative estimate of drug-likeness (QED) is 0.204. The molecule has 8 heteroatoms. The molecule has 0 aromatic heterocycles. The summed E-state index contributed by atoms with van der Waals surface area (Å²) in [5.74, 6) is 0.883. The smallest absolute Gasteiger partial charge is 0.303 e. The molecule has 0 radical (unpaired) electrons. The number of para-hydroxylation sites is 1. The van der Waals surface area contributed by atoms with Crippen molar-refractivity contribution in [1.82, 2.24) is 0 Å². The fourth-order valence-corrected chi connectivity index (χ4v) is 4.88. The minimum atomic E-state index is -0.817. The second kappa shape index (κ2) is 13.7. The number of rotatable bonds is 11. The van der Waals surface area contributed by atoms with E-state index in [4.69, 9.17) is 15.8 Å². The number of quaternary nitrogens is 1. The summed E-state index contributed by atoms with van der Waals surface area (Å²) in [5.41, 5.74) is 0.510. The molecule has 0 aliphatic carbocycles. The highest BCUT2D eigenvalue weighted by atomic mass is 16.4. The monoisotopic (exact) mass is 518 g/mol. The molecule has 2 aromatic rings. The van der Waals surface area contributed by atoms with Crippen molar-refractivity contribution >= 4 is 29.2 Å². The van der Waals surface area contributed by atoms with Crippen molar-refractivity contribution in [1.29, 1.82) is 5.26 Å². The summed E-state index contributed by atoms with van der Waals surface area (Å²) in [7, 11) is 0. The summed E-state index contributed by atoms with van der Waals surface area (Å²) >= 11 is 0. The molecule has 0 spiro atoms. The number of anilines is 1. The van der Waals surface area contributed by atoms with Crippen molar-refractivity contribution in [2.24, 2.45) is 0 Å². The van der Waals surface area contributed by atoms with Gasteiger partial charge in [-0.05, 0) is 51.3 Å². The molecule has 3 rings (SSSR count). The number of hydrogen-bond donors (Lipinski definition) is 2. The Labute approximate surface area is 224 Å². The molecular weight excluding hydrogens is 480 g/mol. The molecule has 1 aliphatic heterocycles. The lowest BCUT2D eigenvalue weighted by Crippen LogP contribution is -3.11. The maximum absolute atomic E-state index is 12.3. The van der Waals surface area contributed by atoms with Gasteiger partial charge in [0.1, 0.15) is 6.07 Å². The molecule has 0 bridgehead atoms. The van der Waals surface area contributed by atoms with Crippen molar-refractivity contribution in [2.75, 3.05) is 31.1 Å². The van der Waals surface area contributed by atoms with Crippen LogP contribution < -0.4 is 20.7 Å². The normalized spacial score (nSPS) is 14.6. The molecule has 1 aliphatic rings. The average molecular weight is 519 g/mol. The van der Waals surface area contributed by atoms with Crippen molar-refractivity contribution in [2.45, 2.75) is 65.7 Å². The van der Waals surface area contributed by atoms with E-state index in [9.17, 15) is 14.4 Å². The van der Waals surface area contributed by atoms with Gasteiger partial charge in [-0.15, -0.1) is 0 Å². The summed E-state index contributed by atoms with van der Waals surface area (Å²) in [6.45, 7) is 15.1. The van der Waals surface area contributed by atoms with Gasteiger partial charge in [-0.1, -0.05) is 38.5 Å². The lowest BCUT2D eigenvalue weighted by atomic mass is 9.82. The first-order valence-electron chi connectivity index (χ1n) is 13.2. The topological polar surface area (TPSA) is 125 Å². The Hall–Kier alpha value is -3.79. The van der Waals surface area contributed by atoms with Gasteiger partial charge < -0.3 is 20.3 Å². The van der Waals surface area contributed by atoms with E-state index in [0.717, 1.165) is 29.8 Å². The molecule has 38 heavy (non-hydrogen) atoms. The molecule has 8 nitrogen and oxygen atoms in total. The Morgan fingerprint density at radius 2 is 1.71 bits per heavy atom. The number of nitriles is 1. The highest BCUT2D eigenvalue weighted by Gasteiger charge is 2.40. The number of allylic oxidation sites excluding steroid dienone is 2. The Morgan fingerprint density at radius 1 is 1.08 bits per heavy atom. The predicted octanol–water partition coefficient (Wildman–Crippen LogP) is 3.14. The van der Waals surface area contributed by atoms with Crippen LogP contribution >= 0.6 is 0 Å². The molecule has 1 heterocycles. The van der Waals surface area contributed by atoms with Crippen LogP contribution in [-0.4, -0.2) is 43.1 Å². The van der Waals surface area contributed by atoms with Crippen LogP contribution in [0.2, 0.25) is 0 Å². The van der Waals surface area contributed by atoms with E-state index in [-0.39, 0.29) is 23.1 Å². The molecule has 202 valence electrons. The fourth-order valence-electron chi connectivity index (χ4n) is 4.88. The third-order valence-electron chi connectivity index (χ3n) is 7.27. The Bertz CT molecular complexity index is 1330. The third kappa shape index (κ3) is 6.55. The summed E-state index contributed by atoms with van der Waals surface area (Å²) in [6.07, 6.45) is 3.83. The SMILES string of the molecule is CC1(C)C(=Cc2c(C(=C=[N-])C#N)c(=O)c2=O)N(CCCCCC(=O)O)c2ccccc21.CC[NH+](CC)CC. The maximum Gasteiger partial charge on any atom is 0.303 e. The van der Waals surface area contributed by atoms with Gasteiger partial charge >= 0.3 is 5.97 Å². The zero-order chi connectivity index (χ0) is 28.5. The molecule has 0 atom stereocenters. The minimum Gasteiger partial charge on any atom is -0.762 e. The van der Waals surface area contributed by atoms with Crippen molar-refractivity contribution in [3.05, 3.63) is 72.5 Å². The van der Waals surface area contributed by atoms with Crippen LogP contribution in [0.5, 0.6) is 0 Å². The Kier molecular flexibility index (Phi) is 10.9. The predicted molar refractivity (Wildman–Crippen MR) is 152 cm³/mol.